The van der Waals surface area contributed by atoms with Gasteiger partial charge >= 0.3 is 0 Å². The van der Waals surface area contributed by atoms with Gasteiger partial charge in [0.15, 0.2) is 0 Å². The zero-order valence-corrected chi connectivity index (χ0v) is 14.9. The van der Waals surface area contributed by atoms with Crippen LogP contribution in [-0.2, 0) is 4.74 Å². The van der Waals surface area contributed by atoms with Gasteiger partial charge in [-0.1, -0.05) is 18.2 Å². The molecule has 7 heteroatoms. The third-order valence-electron chi connectivity index (χ3n) is 4.54. The Morgan fingerprint density at radius 3 is 3.04 bits per heavy atom. The van der Waals surface area contributed by atoms with Crippen LogP contribution < -0.4 is 10.2 Å². The highest BCUT2D eigenvalue weighted by Crippen LogP contribution is 2.20. The third kappa shape index (κ3) is 4.20. The molecule has 1 aliphatic rings. The second kappa shape index (κ2) is 8.09. The van der Waals surface area contributed by atoms with Crippen molar-refractivity contribution in [2.45, 2.75) is 12.5 Å². The number of hydrogen-bond acceptors (Lipinski definition) is 6. The number of amides is 1. The van der Waals surface area contributed by atoms with Crippen molar-refractivity contribution in [3.05, 3.63) is 60.7 Å². The maximum Gasteiger partial charge on any atom is 0.271 e. The molecule has 0 saturated carbocycles. The monoisotopic (exact) mass is 363 g/mol. The summed E-state index contributed by atoms with van der Waals surface area (Å²) in [5, 5.41) is 4.01. The number of benzene rings is 1. The van der Waals surface area contributed by atoms with Gasteiger partial charge in [-0.25, -0.2) is 9.97 Å². The molecule has 0 radical (unpaired) electrons. The molecular weight excluding hydrogens is 342 g/mol. The first-order chi connectivity index (χ1) is 13.3. The van der Waals surface area contributed by atoms with Crippen molar-refractivity contribution in [3.8, 4) is 0 Å². The lowest BCUT2D eigenvalue weighted by Crippen LogP contribution is -2.40. The van der Waals surface area contributed by atoms with Crippen LogP contribution in [0.1, 0.15) is 16.9 Å². The maximum absolute atomic E-state index is 12.2. The van der Waals surface area contributed by atoms with Crippen LogP contribution in [0.5, 0.6) is 0 Å². The van der Waals surface area contributed by atoms with Crippen molar-refractivity contribution in [3.63, 3.8) is 0 Å². The summed E-state index contributed by atoms with van der Waals surface area (Å²) in [7, 11) is 0. The summed E-state index contributed by atoms with van der Waals surface area (Å²) in [6, 6.07) is 12.2. The van der Waals surface area contributed by atoms with E-state index in [-0.39, 0.29) is 12.0 Å². The number of aromatic nitrogens is 3. The number of nitrogens with one attached hydrogen (secondary N) is 1. The van der Waals surface area contributed by atoms with E-state index in [1.165, 1.54) is 12.4 Å². The molecule has 0 bridgehead atoms. The Balaban J connectivity index is 1.43. The number of para-hydroxylation sites is 1. The van der Waals surface area contributed by atoms with Gasteiger partial charge in [-0.2, -0.15) is 0 Å². The van der Waals surface area contributed by atoms with Crippen LogP contribution in [0.25, 0.3) is 10.9 Å². The molecule has 1 aliphatic heterocycles. The Labute approximate surface area is 157 Å². The Morgan fingerprint density at radius 2 is 2.15 bits per heavy atom. The Kier molecular flexibility index (Phi) is 5.20. The number of pyridine rings is 1. The van der Waals surface area contributed by atoms with Gasteiger partial charge in [-0.05, 0) is 24.6 Å². The molecular formula is C20H21N5O2. The first-order valence-electron chi connectivity index (χ1n) is 9.06. The Bertz CT molecular complexity index is 918. The predicted octanol–water partition coefficient (Wildman–Crippen LogP) is 2.05. The van der Waals surface area contributed by atoms with E-state index in [2.05, 4.69) is 32.3 Å². The topological polar surface area (TPSA) is 80.2 Å². The molecule has 7 nitrogen and oxygen atoms in total. The number of anilines is 1. The van der Waals surface area contributed by atoms with E-state index >= 15 is 0 Å². The van der Waals surface area contributed by atoms with Gasteiger partial charge in [-0.3, -0.25) is 9.78 Å². The number of hydrogen-bond donors (Lipinski definition) is 1. The van der Waals surface area contributed by atoms with Crippen molar-refractivity contribution in [1.82, 2.24) is 20.3 Å². The lowest BCUT2D eigenvalue weighted by atomic mass is 10.2. The smallest absolute Gasteiger partial charge is 0.271 e. The molecule has 0 spiro atoms. The molecule has 1 amide bonds. The van der Waals surface area contributed by atoms with E-state index in [0.29, 0.717) is 25.4 Å². The second-order valence-electron chi connectivity index (χ2n) is 6.46. The summed E-state index contributed by atoms with van der Waals surface area (Å²) in [5.41, 5.74) is 1.28. The van der Waals surface area contributed by atoms with Crippen molar-refractivity contribution >= 4 is 22.6 Å². The third-order valence-corrected chi connectivity index (χ3v) is 4.54. The highest BCUT2D eigenvalue weighted by atomic mass is 16.5. The molecule has 27 heavy (non-hydrogen) atoms. The van der Waals surface area contributed by atoms with Crippen LogP contribution >= 0.6 is 0 Å². The molecule has 3 heterocycles. The minimum Gasteiger partial charge on any atom is -0.374 e. The average molecular weight is 363 g/mol. The zero-order chi connectivity index (χ0) is 18.5. The standard InChI is InChI=1S/C20H21N5O2/c26-20(18-13-21-8-9-22-18)23-12-16-14-25(10-3-11-27-16)19-7-6-15-4-1-2-5-17(15)24-19/h1-2,4-9,13,16H,3,10-12,14H2,(H,23,26). The van der Waals surface area contributed by atoms with Gasteiger partial charge in [0.25, 0.3) is 5.91 Å². The number of rotatable bonds is 4. The molecule has 138 valence electrons. The minimum absolute atomic E-state index is 0.110. The Morgan fingerprint density at radius 1 is 1.22 bits per heavy atom. The summed E-state index contributed by atoms with van der Waals surface area (Å²) in [6.45, 7) is 2.63. The second-order valence-corrected chi connectivity index (χ2v) is 6.46. The van der Waals surface area contributed by atoms with Crippen LogP contribution in [0.4, 0.5) is 5.82 Å². The SMILES string of the molecule is O=C(NCC1CN(c2ccc3ccccc3n2)CCCO1)c1cnccn1. The van der Waals surface area contributed by atoms with E-state index in [1.807, 2.05) is 24.3 Å². The summed E-state index contributed by atoms with van der Waals surface area (Å²) in [4.78, 5) is 27.1. The number of fused-ring (bicyclic) bond motifs is 1. The van der Waals surface area contributed by atoms with E-state index in [9.17, 15) is 4.79 Å². The summed E-state index contributed by atoms with van der Waals surface area (Å²) in [5.74, 6) is 0.691. The van der Waals surface area contributed by atoms with E-state index in [0.717, 1.165) is 29.7 Å². The van der Waals surface area contributed by atoms with Crippen molar-refractivity contribution in [2.75, 3.05) is 31.1 Å². The average Bonchev–Trinajstić information content (AvgIpc) is 2.98. The van der Waals surface area contributed by atoms with Gasteiger partial charge in [0.1, 0.15) is 11.5 Å². The fourth-order valence-electron chi connectivity index (χ4n) is 3.17. The molecule has 1 aromatic carbocycles. The highest BCUT2D eigenvalue weighted by Gasteiger charge is 2.21. The number of carbonyl (C=O) groups is 1. The first-order valence-corrected chi connectivity index (χ1v) is 9.06. The first kappa shape index (κ1) is 17.4. The van der Waals surface area contributed by atoms with Crippen molar-refractivity contribution < 1.29 is 9.53 Å². The van der Waals surface area contributed by atoms with Gasteiger partial charge in [-0.15, -0.1) is 0 Å². The molecule has 2 aromatic heterocycles. The number of nitrogens with zero attached hydrogens (tertiary/aromatic N) is 4. The molecule has 3 aromatic rings. The fourth-order valence-corrected chi connectivity index (χ4v) is 3.17. The molecule has 0 aliphatic carbocycles. The van der Waals surface area contributed by atoms with Gasteiger partial charge < -0.3 is 15.0 Å². The molecule has 1 N–H and O–H groups in total. The van der Waals surface area contributed by atoms with E-state index in [1.54, 1.807) is 6.20 Å². The lowest BCUT2D eigenvalue weighted by molar-refractivity contribution is 0.0638. The highest BCUT2D eigenvalue weighted by molar-refractivity contribution is 5.91. The van der Waals surface area contributed by atoms with Crippen molar-refractivity contribution in [1.29, 1.82) is 0 Å². The van der Waals surface area contributed by atoms with Gasteiger partial charge in [0, 0.05) is 44.0 Å². The molecule has 4 rings (SSSR count). The molecule has 1 atom stereocenters. The van der Waals surface area contributed by atoms with Crippen LogP contribution in [-0.4, -0.2) is 53.2 Å². The lowest BCUT2D eigenvalue weighted by Gasteiger charge is -2.25. The van der Waals surface area contributed by atoms with Gasteiger partial charge in [0.05, 0.1) is 17.8 Å². The number of ether oxygens (including phenoxy) is 1. The molecule has 1 unspecified atom stereocenters. The van der Waals surface area contributed by atoms with Crippen molar-refractivity contribution in [2.24, 2.45) is 0 Å². The summed E-state index contributed by atoms with van der Waals surface area (Å²) >= 11 is 0. The summed E-state index contributed by atoms with van der Waals surface area (Å²) in [6.07, 6.45) is 5.31. The predicted molar refractivity (Wildman–Crippen MR) is 103 cm³/mol. The largest absolute Gasteiger partial charge is 0.374 e. The quantitative estimate of drug-likeness (QED) is 0.764. The maximum atomic E-state index is 12.2. The van der Waals surface area contributed by atoms with Gasteiger partial charge in [0.2, 0.25) is 0 Å². The molecule has 1 saturated heterocycles. The van der Waals surface area contributed by atoms with Crippen LogP contribution in [0, 0.1) is 0 Å². The van der Waals surface area contributed by atoms with E-state index in [4.69, 9.17) is 9.72 Å². The van der Waals surface area contributed by atoms with Crippen LogP contribution in [0.2, 0.25) is 0 Å². The fraction of sp³-hybridized carbons (Fsp3) is 0.300. The summed E-state index contributed by atoms with van der Waals surface area (Å²) < 4.78 is 5.91. The normalized spacial score (nSPS) is 17.5. The van der Waals surface area contributed by atoms with E-state index < -0.39 is 0 Å². The number of carbonyl (C=O) groups excluding carboxylic acids is 1. The Hall–Kier alpha value is -3.06. The van der Waals surface area contributed by atoms with Crippen LogP contribution in [0.15, 0.2) is 55.0 Å². The molecule has 1 fully saturated rings. The minimum atomic E-state index is -0.244. The zero-order valence-electron chi connectivity index (χ0n) is 14.9. The van der Waals surface area contributed by atoms with Crippen LogP contribution in [0.3, 0.4) is 0 Å².